The van der Waals surface area contributed by atoms with E-state index in [1.165, 1.54) is 4.31 Å². The number of halogens is 1. The van der Waals surface area contributed by atoms with Gasteiger partial charge in [0.25, 0.3) is 0 Å². The number of carbonyl (C=O) groups is 1. The van der Waals surface area contributed by atoms with E-state index in [1.807, 2.05) is 6.92 Å². The first-order valence-corrected chi connectivity index (χ1v) is 8.77. The summed E-state index contributed by atoms with van der Waals surface area (Å²) in [6.45, 7) is 3.95. The Morgan fingerprint density at radius 2 is 2.00 bits per heavy atom. The van der Waals surface area contributed by atoms with Gasteiger partial charge in [-0.2, -0.15) is 4.31 Å². The molecule has 1 aromatic carbocycles. The Balaban J connectivity index is 2.29. The first kappa shape index (κ1) is 15.5. The van der Waals surface area contributed by atoms with Crippen molar-refractivity contribution in [2.45, 2.75) is 24.3 Å². The molecule has 2 unspecified atom stereocenters. The largest absolute Gasteiger partial charge is 0.465 e. The maximum absolute atomic E-state index is 12.5. The average molecular weight is 362 g/mol. The first-order valence-electron chi connectivity index (χ1n) is 6.21. The van der Waals surface area contributed by atoms with Gasteiger partial charge in [0, 0.05) is 11.9 Å². The standard InChI is InChI=1S/C13H16BrNO4S/c1-3-19-12(16)13(8-14)9-15(13)20(17,18)11-6-4-10(2)5-7-11/h4-7H,3,8-9H2,1-2H3. The summed E-state index contributed by atoms with van der Waals surface area (Å²) in [6, 6.07) is 6.56. The zero-order valence-corrected chi connectivity index (χ0v) is 13.7. The molecule has 1 aromatic rings. The van der Waals surface area contributed by atoms with E-state index in [0.717, 1.165) is 5.56 Å². The van der Waals surface area contributed by atoms with Crippen LogP contribution in [0.5, 0.6) is 0 Å². The van der Waals surface area contributed by atoms with Gasteiger partial charge in [0.1, 0.15) is 0 Å². The van der Waals surface area contributed by atoms with Crippen LogP contribution in [0.4, 0.5) is 0 Å². The number of nitrogens with zero attached hydrogens (tertiary/aromatic N) is 1. The smallest absolute Gasteiger partial charge is 0.329 e. The zero-order chi connectivity index (χ0) is 15.0. The van der Waals surface area contributed by atoms with E-state index < -0.39 is 21.5 Å². The zero-order valence-electron chi connectivity index (χ0n) is 11.3. The first-order chi connectivity index (χ1) is 9.38. The Labute approximate surface area is 127 Å². The summed E-state index contributed by atoms with van der Waals surface area (Å²) in [5, 5.41) is 0.226. The molecule has 2 atom stereocenters. The summed E-state index contributed by atoms with van der Waals surface area (Å²) < 4.78 is 31.1. The third kappa shape index (κ3) is 2.49. The normalized spacial score (nSPS) is 25.2. The molecule has 1 heterocycles. The van der Waals surface area contributed by atoms with Crippen LogP contribution in [0.15, 0.2) is 29.2 Å². The Hall–Kier alpha value is -0.920. The van der Waals surface area contributed by atoms with Crippen LogP contribution in [0.1, 0.15) is 12.5 Å². The van der Waals surface area contributed by atoms with Crippen LogP contribution in [0, 0.1) is 6.92 Å². The summed E-state index contributed by atoms with van der Waals surface area (Å²) in [7, 11) is -3.66. The summed E-state index contributed by atoms with van der Waals surface area (Å²) in [5.41, 5.74) is -0.119. The van der Waals surface area contributed by atoms with Gasteiger partial charge in [-0.25, -0.2) is 13.2 Å². The van der Waals surface area contributed by atoms with E-state index in [2.05, 4.69) is 15.9 Å². The van der Waals surface area contributed by atoms with Crippen molar-refractivity contribution in [3.8, 4) is 0 Å². The van der Waals surface area contributed by atoms with Crippen molar-refractivity contribution in [2.24, 2.45) is 0 Å². The summed E-state index contributed by atoms with van der Waals surface area (Å²) in [4.78, 5) is 12.1. The highest BCUT2D eigenvalue weighted by molar-refractivity contribution is 9.09. The Kier molecular flexibility index (Phi) is 4.22. The number of benzene rings is 1. The molecule has 0 spiro atoms. The molecule has 5 nitrogen and oxygen atoms in total. The van der Waals surface area contributed by atoms with Crippen LogP contribution in [0.25, 0.3) is 0 Å². The lowest BCUT2D eigenvalue weighted by atomic mass is 10.2. The van der Waals surface area contributed by atoms with Crippen molar-refractivity contribution in [2.75, 3.05) is 18.5 Å². The van der Waals surface area contributed by atoms with Crippen molar-refractivity contribution in [3.63, 3.8) is 0 Å². The number of carbonyl (C=O) groups excluding carboxylic acids is 1. The second-order valence-electron chi connectivity index (χ2n) is 4.71. The molecule has 0 N–H and O–H groups in total. The number of sulfonamides is 1. The lowest BCUT2D eigenvalue weighted by Gasteiger charge is -2.14. The molecule has 2 rings (SSSR count). The summed E-state index contributed by atoms with van der Waals surface area (Å²) in [6.07, 6.45) is 0. The average Bonchev–Trinajstić information content (AvgIpc) is 3.16. The quantitative estimate of drug-likeness (QED) is 0.454. The van der Waals surface area contributed by atoms with Crippen molar-refractivity contribution < 1.29 is 17.9 Å². The molecule has 1 saturated heterocycles. The predicted molar refractivity (Wildman–Crippen MR) is 78.2 cm³/mol. The van der Waals surface area contributed by atoms with Gasteiger partial charge >= 0.3 is 5.97 Å². The van der Waals surface area contributed by atoms with Gasteiger partial charge in [-0.05, 0) is 26.0 Å². The maximum Gasteiger partial charge on any atom is 0.329 e. The topological polar surface area (TPSA) is 63.5 Å². The van der Waals surface area contributed by atoms with Crippen LogP contribution < -0.4 is 0 Å². The third-order valence-electron chi connectivity index (χ3n) is 3.26. The molecule has 0 amide bonds. The molecule has 0 bridgehead atoms. The molecule has 20 heavy (non-hydrogen) atoms. The van der Waals surface area contributed by atoms with Crippen molar-refractivity contribution in [1.29, 1.82) is 0 Å². The van der Waals surface area contributed by atoms with E-state index in [1.54, 1.807) is 31.2 Å². The number of hydrogen-bond donors (Lipinski definition) is 0. The molecule has 0 saturated carbocycles. The lowest BCUT2D eigenvalue weighted by molar-refractivity contribution is -0.146. The lowest BCUT2D eigenvalue weighted by Crippen LogP contribution is -2.35. The Morgan fingerprint density at radius 3 is 2.50 bits per heavy atom. The minimum Gasteiger partial charge on any atom is -0.465 e. The molecule has 110 valence electrons. The predicted octanol–water partition coefficient (Wildman–Crippen LogP) is 1.70. The molecule has 1 aliphatic heterocycles. The second-order valence-corrected chi connectivity index (χ2v) is 7.13. The van der Waals surface area contributed by atoms with Crippen LogP contribution in [0.2, 0.25) is 0 Å². The third-order valence-corrected chi connectivity index (χ3v) is 6.12. The summed E-state index contributed by atoms with van der Waals surface area (Å²) >= 11 is 3.21. The van der Waals surface area contributed by atoms with E-state index >= 15 is 0 Å². The van der Waals surface area contributed by atoms with Gasteiger partial charge < -0.3 is 4.74 Å². The summed E-state index contributed by atoms with van der Waals surface area (Å²) in [5.74, 6) is -0.507. The van der Waals surface area contributed by atoms with Gasteiger partial charge in [0.2, 0.25) is 10.0 Å². The van der Waals surface area contributed by atoms with Crippen LogP contribution in [0.3, 0.4) is 0 Å². The number of alkyl halides is 1. The minimum absolute atomic E-state index is 0.146. The van der Waals surface area contributed by atoms with Gasteiger partial charge in [-0.3, -0.25) is 0 Å². The minimum atomic E-state index is -3.66. The van der Waals surface area contributed by atoms with Crippen molar-refractivity contribution in [3.05, 3.63) is 29.8 Å². The van der Waals surface area contributed by atoms with E-state index in [0.29, 0.717) is 0 Å². The fourth-order valence-electron chi connectivity index (χ4n) is 1.95. The van der Waals surface area contributed by atoms with Crippen molar-refractivity contribution >= 4 is 31.9 Å². The second kappa shape index (κ2) is 5.46. The molecular weight excluding hydrogens is 346 g/mol. The van der Waals surface area contributed by atoms with Gasteiger partial charge in [0.15, 0.2) is 5.54 Å². The molecule has 0 aromatic heterocycles. The maximum atomic E-state index is 12.5. The molecule has 1 fully saturated rings. The van der Waals surface area contributed by atoms with Gasteiger partial charge in [0.05, 0.1) is 11.5 Å². The molecule has 1 aliphatic rings. The van der Waals surface area contributed by atoms with Crippen molar-refractivity contribution in [1.82, 2.24) is 4.31 Å². The molecule has 0 aliphatic carbocycles. The van der Waals surface area contributed by atoms with Crippen LogP contribution in [-0.2, 0) is 19.6 Å². The highest BCUT2D eigenvalue weighted by Gasteiger charge is 2.64. The Morgan fingerprint density at radius 1 is 1.40 bits per heavy atom. The highest BCUT2D eigenvalue weighted by atomic mass is 79.9. The number of rotatable bonds is 5. The van der Waals surface area contributed by atoms with Gasteiger partial charge in [-0.1, -0.05) is 33.6 Å². The fourth-order valence-corrected chi connectivity index (χ4v) is 4.54. The number of hydrogen-bond acceptors (Lipinski definition) is 4. The molecular formula is C13H16BrNO4S. The van der Waals surface area contributed by atoms with E-state index in [4.69, 9.17) is 4.74 Å². The number of esters is 1. The van der Waals surface area contributed by atoms with Crippen LogP contribution in [-0.4, -0.2) is 42.7 Å². The van der Waals surface area contributed by atoms with E-state index in [9.17, 15) is 13.2 Å². The molecule has 7 heteroatoms. The SMILES string of the molecule is CCOC(=O)C1(CBr)CN1S(=O)(=O)c1ccc(C)cc1. The van der Waals surface area contributed by atoms with E-state index in [-0.39, 0.29) is 23.4 Å². The Bertz CT molecular complexity index is 614. The van der Waals surface area contributed by atoms with Crippen LogP contribution >= 0.6 is 15.9 Å². The number of ether oxygens (including phenoxy) is 1. The fraction of sp³-hybridized carbons (Fsp3) is 0.462. The molecule has 0 radical (unpaired) electrons. The van der Waals surface area contributed by atoms with Gasteiger partial charge in [-0.15, -0.1) is 0 Å². The monoisotopic (exact) mass is 361 g/mol. The number of aryl methyl sites for hydroxylation is 1. The highest BCUT2D eigenvalue weighted by Crippen LogP contribution is 2.41.